The van der Waals surface area contributed by atoms with E-state index in [1.54, 1.807) is 35.2 Å². The molecule has 8 nitrogen and oxygen atoms in total. The van der Waals surface area contributed by atoms with Crippen LogP contribution in [0.25, 0.3) is 5.82 Å². The Kier molecular flexibility index (Phi) is 6.05. The highest BCUT2D eigenvalue weighted by Gasteiger charge is 2.31. The van der Waals surface area contributed by atoms with Gasteiger partial charge in [-0.3, -0.25) is 9.36 Å². The number of carbonyl (C=O) groups excluding carboxylic acids is 1. The van der Waals surface area contributed by atoms with Gasteiger partial charge in [-0.15, -0.1) is 0 Å². The first kappa shape index (κ1) is 23.3. The van der Waals surface area contributed by atoms with Crippen LogP contribution in [0, 0.1) is 6.92 Å². The van der Waals surface area contributed by atoms with E-state index in [9.17, 15) is 18.0 Å². The quantitative estimate of drug-likeness (QED) is 0.312. The van der Waals surface area contributed by atoms with Crippen LogP contribution >= 0.6 is 0 Å². The van der Waals surface area contributed by atoms with Crippen LogP contribution in [-0.4, -0.2) is 31.5 Å². The van der Waals surface area contributed by atoms with Crippen molar-refractivity contribution in [3.63, 3.8) is 0 Å². The van der Waals surface area contributed by atoms with E-state index < -0.39 is 17.6 Å². The molecule has 1 saturated carbocycles. The fourth-order valence-corrected chi connectivity index (χ4v) is 3.57. The Hall–Kier alpha value is -4.41. The van der Waals surface area contributed by atoms with Gasteiger partial charge in [0.2, 0.25) is 5.95 Å². The number of carbonyl (C=O) groups is 1. The van der Waals surface area contributed by atoms with Gasteiger partial charge in [0.25, 0.3) is 5.91 Å². The van der Waals surface area contributed by atoms with Crippen molar-refractivity contribution in [3.8, 4) is 5.82 Å². The summed E-state index contributed by atoms with van der Waals surface area (Å²) in [7, 11) is 0. The van der Waals surface area contributed by atoms with Gasteiger partial charge in [0.05, 0.1) is 5.56 Å². The van der Waals surface area contributed by atoms with E-state index in [0.717, 1.165) is 36.4 Å². The number of anilines is 4. The van der Waals surface area contributed by atoms with Gasteiger partial charge in [0.1, 0.15) is 18.0 Å². The molecule has 0 spiro atoms. The molecule has 1 fully saturated rings. The molecule has 1 aliphatic carbocycles. The summed E-state index contributed by atoms with van der Waals surface area (Å²) in [6, 6.07) is 11.7. The predicted octanol–water partition coefficient (Wildman–Crippen LogP) is 5.56. The Morgan fingerprint density at radius 1 is 1.06 bits per heavy atom. The summed E-state index contributed by atoms with van der Waals surface area (Å²) in [5.41, 5.74) is 0.986. The van der Waals surface area contributed by atoms with Crippen LogP contribution in [0.15, 0.2) is 67.3 Å². The van der Waals surface area contributed by atoms with Gasteiger partial charge in [-0.1, -0.05) is 12.1 Å². The number of halogens is 3. The average Bonchev–Trinajstić information content (AvgIpc) is 3.55. The molecule has 4 aromatic rings. The molecule has 1 aliphatic rings. The van der Waals surface area contributed by atoms with Crippen molar-refractivity contribution < 1.29 is 18.0 Å². The third-order valence-electron chi connectivity index (χ3n) is 5.66. The number of imidazole rings is 1. The van der Waals surface area contributed by atoms with E-state index in [1.165, 1.54) is 18.5 Å². The minimum Gasteiger partial charge on any atom is -0.367 e. The maximum Gasteiger partial charge on any atom is 0.416 e. The SMILES string of the molecule is Cc1ccc(NC(=O)c2cccc(C(F)(F)F)c2)cc1Nc1nccn1-c1cc(NC2CC2)ncn1. The Labute approximate surface area is 204 Å². The number of nitrogens with zero attached hydrogens (tertiary/aromatic N) is 4. The molecule has 2 heterocycles. The number of hydrogen-bond acceptors (Lipinski definition) is 6. The summed E-state index contributed by atoms with van der Waals surface area (Å²) in [6.45, 7) is 1.89. The summed E-state index contributed by atoms with van der Waals surface area (Å²) in [5.74, 6) is 1.21. The van der Waals surface area contributed by atoms with Gasteiger partial charge in [-0.2, -0.15) is 13.2 Å². The van der Waals surface area contributed by atoms with Crippen molar-refractivity contribution in [2.45, 2.75) is 32.0 Å². The van der Waals surface area contributed by atoms with E-state index >= 15 is 0 Å². The standard InChI is InChI=1S/C25H22F3N7O/c1-15-5-6-19(33-23(36)16-3-2-4-17(11-16)25(26,27)28)12-20(15)34-24-29-9-10-35(24)22-13-21(30-14-31-22)32-18-7-8-18/h2-6,9-14,18H,7-8H2,1H3,(H,29,34)(H,33,36)(H,30,31,32). The van der Waals surface area contributed by atoms with Crippen LogP contribution in [0.4, 0.5) is 36.3 Å². The lowest BCUT2D eigenvalue weighted by Crippen LogP contribution is -2.14. The van der Waals surface area contributed by atoms with Crippen LogP contribution in [0.1, 0.15) is 34.3 Å². The molecule has 3 N–H and O–H groups in total. The minimum absolute atomic E-state index is 0.0881. The molecule has 0 atom stereocenters. The summed E-state index contributed by atoms with van der Waals surface area (Å²) in [4.78, 5) is 25.6. The summed E-state index contributed by atoms with van der Waals surface area (Å²) in [5, 5.41) is 9.24. The second-order valence-corrected chi connectivity index (χ2v) is 8.49. The van der Waals surface area contributed by atoms with Crippen LogP contribution in [-0.2, 0) is 6.18 Å². The van der Waals surface area contributed by atoms with Gasteiger partial charge in [0.15, 0.2) is 0 Å². The number of hydrogen-bond donors (Lipinski definition) is 3. The van der Waals surface area contributed by atoms with Gasteiger partial charge >= 0.3 is 6.18 Å². The van der Waals surface area contributed by atoms with Crippen molar-refractivity contribution in [1.82, 2.24) is 19.5 Å². The fraction of sp³-hybridized carbons (Fsp3) is 0.200. The molecular weight excluding hydrogens is 471 g/mol. The highest BCUT2D eigenvalue weighted by atomic mass is 19.4. The Morgan fingerprint density at radius 2 is 1.89 bits per heavy atom. The van der Waals surface area contributed by atoms with Crippen LogP contribution in [0.5, 0.6) is 0 Å². The maximum atomic E-state index is 13.0. The van der Waals surface area contributed by atoms with Crippen molar-refractivity contribution in [2.24, 2.45) is 0 Å². The molecule has 36 heavy (non-hydrogen) atoms. The lowest BCUT2D eigenvalue weighted by Gasteiger charge is -2.14. The molecule has 184 valence electrons. The number of alkyl halides is 3. The monoisotopic (exact) mass is 493 g/mol. The molecule has 0 radical (unpaired) electrons. The third-order valence-corrected chi connectivity index (χ3v) is 5.66. The van der Waals surface area contributed by atoms with Gasteiger partial charge in [-0.25, -0.2) is 15.0 Å². The summed E-state index contributed by atoms with van der Waals surface area (Å²) < 4.78 is 40.8. The van der Waals surface area contributed by atoms with Gasteiger partial charge < -0.3 is 16.0 Å². The Balaban J connectivity index is 1.35. The number of rotatable bonds is 7. The zero-order valence-corrected chi connectivity index (χ0v) is 19.2. The first-order valence-corrected chi connectivity index (χ1v) is 11.2. The van der Waals surface area contributed by atoms with Gasteiger partial charge in [0, 0.05) is 41.4 Å². The van der Waals surface area contributed by atoms with Gasteiger partial charge in [-0.05, 0) is 55.7 Å². The second-order valence-electron chi connectivity index (χ2n) is 8.49. The number of amides is 1. The second kappa shape index (κ2) is 9.33. The molecule has 2 aromatic carbocycles. The molecule has 1 amide bonds. The predicted molar refractivity (Wildman–Crippen MR) is 130 cm³/mol. The molecular formula is C25H22F3N7O. The van der Waals surface area contributed by atoms with Crippen molar-refractivity contribution in [2.75, 3.05) is 16.0 Å². The first-order valence-electron chi connectivity index (χ1n) is 11.2. The van der Waals surface area contributed by atoms with Crippen molar-refractivity contribution in [3.05, 3.63) is 83.9 Å². The largest absolute Gasteiger partial charge is 0.416 e. The zero-order valence-electron chi connectivity index (χ0n) is 19.2. The highest BCUT2D eigenvalue weighted by Crippen LogP contribution is 2.30. The first-order chi connectivity index (χ1) is 17.3. The molecule has 5 rings (SSSR count). The maximum absolute atomic E-state index is 13.0. The summed E-state index contributed by atoms with van der Waals surface area (Å²) in [6.07, 6.45) is 2.60. The molecule has 2 aromatic heterocycles. The lowest BCUT2D eigenvalue weighted by molar-refractivity contribution is -0.137. The van der Waals surface area contributed by atoms with E-state index in [-0.39, 0.29) is 5.56 Å². The smallest absolute Gasteiger partial charge is 0.367 e. The fourth-order valence-electron chi connectivity index (χ4n) is 3.57. The van der Waals surface area contributed by atoms with Crippen LogP contribution in [0.3, 0.4) is 0 Å². The lowest BCUT2D eigenvalue weighted by atomic mass is 10.1. The third kappa shape index (κ3) is 5.29. The van der Waals surface area contributed by atoms with E-state index in [0.29, 0.717) is 29.2 Å². The number of aryl methyl sites for hydroxylation is 1. The normalized spacial score (nSPS) is 13.3. The van der Waals surface area contributed by atoms with Crippen molar-refractivity contribution in [1.29, 1.82) is 0 Å². The van der Waals surface area contributed by atoms with Crippen molar-refractivity contribution >= 4 is 29.0 Å². The molecule has 0 bridgehead atoms. The average molecular weight is 493 g/mol. The molecule has 0 unspecified atom stereocenters. The highest BCUT2D eigenvalue weighted by molar-refractivity contribution is 6.04. The zero-order chi connectivity index (χ0) is 25.3. The molecule has 11 heteroatoms. The Morgan fingerprint density at radius 3 is 2.67 bits per heavy atom. The van der Waals surface area contributed by atoms with E-state index in [1.807, 2.05) is 13.0 Å². The van der Waals surface area contributed by atoms with E-state index in [2.05, 4.69) is 30.9 Å². The van der Waals surface area contributed by atoms with Crippen LogP contribution < -0.4 is 16.0 Å². The number of aromatic nitrogens is 4. The Bertz CT molecular complexity index is 1410. The minimum atomic E-state index is -4.53. The molecule has 0 aliphatic heterocycles. The van der Waals surface area contributed by atoms with Crippen LogP contribution in [0.2, 0.25) is 0 Å². The number of nitrogens with one attached hydrogen (secondary N) is 3. The number of benzene rings is 2. The summed E-state index contributed by atoms with van der Waals surface area (Å²) >= 11 is 0. The molecule has 0 saturated heterocycles. The van der Waals surface area contributed by atoms with E-state index in [4.69, 9.17) is 0 Å². The topological polar surface area (TPSA) is 96.8 Å².